The van der Waals surface area contributed by atoms with Crippen LogP contribution >= 0.6 is 0 Å². The fourth-order valence-corrected chi connectivity index (χ4v) is 3.95. The van der Waals surface area contributed by atoms with Gasteiger partial charge in [0.25, 0.3) is 0 Å². The minimum absolute atomic E-state index is 0.0891. The molecule has 5 rings (SSSR count). The van der Waals surface area contributed by atoms with Gasteiger partial charge >= 0.3 is 0 Å². The number of aromatic nitrogens is 3. The van der Waals surface area contributed by atoms with Crippen molar-refractivity contribution in [2.75, 3.05) is 26.7 Å². The number of guanidine groups is 1. The summed E-state index contributed by atoms with van der Waals surface area (Å²) in [6.07, 6.45) is 9.22. The molecular formula is C24H24N6O. The number of hydrogen-bond acceptors (Lipinski definition) is 6. The van der Waals surface area contributed by atoms with Gasteiger partial charge in [0.2, 0.25) is 5.96 Å². The molecule has 0 aliphatic carbocycles. The molecule has 1 unspecified atom stereocenters. The number of para-hydroxylation sites is 1. The number of benzene rings is 1. The van der Waals surface area contributed by atoms with Gasteiger partial charge in [-0.15, -0.1) is 0 Å². The maximum absolute atomic E-state index is 6.20. The molecule has 2 aromatic heterocycles. The van der Waals surface area contributed by atoms with E-state index in [0.29, 0.717) is 13.2 Å². The highest BCUT2D eigenvalue weighted by Crippen LogP contribution is 2.30. The molecule has 0 bridgehead atoms. The SMILES string of the molecule is C=C1C=C(c2ccncc2)N=C(N2CCOC(c3ccccc3-n3cccn3)C2)N1C. The van der Waals surface area contributed by atoms with Gasteiger partial charge in [0.1, 0.15) is 6.10 Å². The van der Waals surface area contributed by atoms with Crippen molar-refractivity contribution >= 4 is 11.7 Å². The van der Waals surface area contributed by atoms with Crippen molar-refractivity contribution in [2.45, 2.75) is 6.10 Å². The second-order valence-electron chi connectivity index (χ2n) is 7.54. The molecule has 1 atom stereocenters. The topological polar surface area (TPSA) is 58.8 Å². The Labute approximate surface area is 181 Å². The van der Waals surface area contributed by atoms with E-state index in [0.717, 1.165) is 40.7 Å². The molecule has 7 heteroatoms. The second-order valence-corrected chi connectivity index (χ2v) is 7.54. The number of ether oxygens (including phenoxy) is 1. The van der Waals surface area contributed by atoms with Gasteiger partial charge in [-0.3, -0.25) is 4.98 Å². The summed E-state index contributed by atoms with van der Waals surface area (Å²) in [5.74, 6) is 0.879. The first-order valence-electron chi connectivity index (χ1n) is 10.3. The van der Waals surface area contributed by atoms with E-state index in [1.807, 2.05) is 59.2 Å². The first kappa shape index (κ1) is 19.3. The zero-order valence-electron chi connectivity index (χ0n) is 17.4. The van der Waals surface area contributed by atoms with E-state index in [4.69, 9.17) is 9.73 Å². The Balaban J connectivity index is 1.45. The van der Waals surface area contributed by atoms with Gasteiger partial charge in [-0.25, -0.2) is 9.67 Å². The summed E-state index contributed by atoms with van der Waals surface area (Å²) in [7, 11) is 2.00. The van der Waals surface area contributed by atoms with Crippen LogP contribution in [-0.2, 0) is 4.74 Å². The number of aliphatic imine (C=N–C) groups is 1. The van der Waals surface area contributed by atoms with Crippen LogP contribution in [0, 0.1) is 0 Å². The van der Waals surface area contributed by atoms with Gasteiger partial charge in [0.05, 0.1) is 24.5 Å². The summed E-state index contributed by atoms with van der Waals surface area (Å²) in [5, 5.41) is 4.41. The molecule has 0 saturated carbocycles. The van der Waals surface area contributed by atoms with Gasteiger partial charge < -0.3 is 14.5 Å². The van der Waals surface area contributed by atoms with Crippen LogP contribution in [0.5, 0.6) is 0 Å². The summed E-state index contributed by atoms with van der Waals surface area (Å²) in [4.78, 5) is 13.4. The van der Waals surface area contributed by atoms with Crippen LogP contribution in [0.4, 0.5) is 0 Å². The fourth-order valence-electron chi connectivity index (χ4n) is 3.95. The van der Waals surface area contributed by atoms with E-state index < -0.39 is 0 Å². The highest BCUT2D eigenvalue weighted by atomic mass is 16.5. The molecule has 0 N–H and O–H groups in total. The summed E-state index contributed by atoms with van der Waals surface area (Å²) in [5.41, 5.74) is 4.95. The average Bonchev–Trinajstić information content (AvgIpc) is 3.36. The molecule has 0 radical (unpaired) electrons. The van der Waals surface area contributed by atoms with Gasteiger partial charge in [0, 0.05) is 55.2 Å². The minimum atomic E-state index is -0.0891. The molecule has 0 spiro atoms. The van der Waals surface area contributed by atoms with E-state index >= 15 is 0 Å². The summed E-state index contributed by atoms with van der Waals surface area (Å²) in [6.45, 7) is 6.30. The molecule has 1 saturated heterocycles. The van der Waals surface area contributed by atoms with Crippen molar-refractivity contribution in [2.24, 2.45) is 4.99 Å². The van der Waals surface area contributed by atoms with Gasteiger partial charge in [-0.2, -0.15) is 5.10 Å². The Hall–Kier alpha value is -3.71. The lowest BCUT2D eigenvalue weighted by Gasteiger charge is -2.40. The highest BCUT2D eigenvalue weighted by molar-refractivity contribution is 5.91. The molecule has 1 aromatic carbocycles. The van der Waals surface area contributed by atoms with Crippen molar-refractivity contribution < 1.29 is 4.74 Å². The molecule has 3 aromatic rings. The number of allylic oxidation sites excluding steroid dienone is 1. The monoisotopic (exact) mass is 412 g/mol. The third-order valence-electron chi connectivity index (χ3n) is 5.61. The zero-order chi connectivity index (χ0) is 21.2. The molecule has 0 amide bonds. The second kappa shape index (κ2) is 8.20. The number of nitrogens with zero attached hydrogens (tertiary/aromatic N) is 6. The number of morpholine rings is 1. The normalized spacial score (nSPS) is 19.3. The van der Waals surface area contributed by atoms with Crippen LogP contribution in [0.3, 0.4) is 0 Å². The Kier molecular flexibility index (Phi) is 5.09. The van der Waals surface area contributed by atoms with E-state index in [1.165, 1.54) is 0 Å². The Morgan fingerprint density at radius 1 is 1.06 bits per heavy atom. The minimum Gasteiger partial charge on any atom is -0.370 e. The largest absolute Gasteiger partial charge is 0.370 e. The molecular weight excluding hydrogens is 388 g/mol. The first-order valence-corrected chi connectivity index (χ1v) is 10.3. The number of pyridine rings is 1. The fraction of sp³-hybridized carbons (Fsp3) is 0.208. The Bertz CT molecular complexity index is 1140. The number of likely N-dealkylation sites (N-methyl/N-ethyl adjacent to an activating group) is 1. The van der Waals surface area contributed by atoms with E-state index in [2.05, 4.69) is 33.7 Å². The summed E-state index contributed by atoms with van der Waals surface area (Å²) >= 11 is 0. The molecule has 156 valence electrons. The standard InChI is InChI=1S/C24H24N6O/c1-18-16-21(19-8-11-25-12-9-19)27-24(28(18)2)29-14-15-31-23(17-29)20-6-3-4-7-22(20)30-13-5-10-26-30/h3-13,16,23H,1,14-15,17H2,2H3. The highest BCUT2D eigenvalue weighted by Gasteiger charge is 2.30. The van der Waals surface area contributed by atoms with E-state index in [9.17, 15) is 0 Å². The van der Waals surface area contributed by atoms with E-state index in [1.54, 1.807) is 18.6 Å². The van der Waals surface area contributed by atoms with Crippen LogP contribution in [0.15, 0.2) is 90.6 Å². The predicted octanol–water partition coefficient (Wildman–Crippen LogP) is 3.50. The van der Waals surface area contributed by atoms with Crippen LogP contribution in [-0.4, -0.2) is 57.3 Å². The predicted molar refractivity (Wildman–Crippen MR) is 120 cm³/mol. The maximum Gasteiger partial charge on any atom is 0.206 e. The molecule has 2 aliphatic heterocycles. The van der Waals surface area contributed by atoms with Gasteiger partial charge in [-0.1, -0.05) is 24.8 Å². The maximum atomic E-state index is 6.20. The van der Waals surface area contributed by atoms with Crippen LogP contribution < -0.4 is 0 Å². The quantitative estimate of drug-likeness (QED) is 0.659. The Morgan fingerprint density at radius 2 is 1.90 bits per heavy atom. The van der Waals surface area contributed by atoms with Crippen LogP contribution in [0.25, 0.3) is 11.4 Å². The number of hydrogen-bond donors (Lipinski definition) is 0. The van der Waals surface area contributed by atoms with Crippen molar-refractivity contribution in [3.05, 3.63) is 96.7 Å². The van der Waals surface area contributed by atoms with Crippen LogP contribution in [0.1, 0.15) is 17.2 Å². The van der Waals surface area contributed by atoms with Crippen molar-refractivity contribution in [3.8, 4) is 5.69 Å². The van der Waals surface area contributed by atoms with Crippen molar-refractivity contribution in [1.29, 1.82) is 0 Å². The zero-order valence-corrected chi connectivity index (χ0v) is 17.4. The van der Waals surface area contributed by atoms with E-state index in [-0.39, 0.29) is 6.10 Å². The number of rotatable bonds is 3. The molecule has 4 heterocycles. The molecule has 31 heavy (non-hydrogen) atoms. The van der Waals surface area contributed by atoms with Gasteiger partial charge in [0.15, 0.2) is 0 Å². The summed E-state index contributed by atoms with van der Waals surface area (Å²) in [6, 6.07) is 14.1. The van der Waals surface area contributed by atoms with Crippen LogP contribution in [0.2, 0.25) is 0 Å². The average molecular weight is 412 g/mol. The third kappa shape index (κ3) is 3.75. The smallest absolute Gasteiger partial charge is 0.206 e. The summed E-state index contributed by atoms with van der Waals surface area (Å²) < 4.78 is 8.08. The molecule has 2 aliphatic rings. The Morgan fingerprint density at radius 3 is 2.71 bits per heavy atom. The van der Waals surface area contributed by atoms with Crippen molar-refractivity contribution in [1.82, 2.24) is 24.6 Å². The van der Waals surface area contributed by atoms with Gasteiger partial charge in [-0.05, 0) is 30.3 Å². The lowest BCUT2D eigenvalue weighted by Crippen LogP contribution is -2.49. The lowest BCUT2D eigenvalue weighted by atomic mass is 10.1. The molecule has 1 fully saturated rings. The first-order chi connectivity index (χ1) is 15.2. The third-order valence-corrected chi connectivity index (χ3v) is 5.61. The molecule has 7 nitrogen and oxygen atoms in total. The lowest BCUT2D eigenvalue weighted by molar-refractivity contribution is -0.00966. The van der Waals surface area contributed by atoms with Crippen molar-refractivity contribution in [3.63, 3.8) is 0 Å².